The second-order valence-corrected chi connectivity index (χ2v) is 5.58. The number of hydrogen-bond acceptors (Lipinski definition) is 2. The van der Waals surface area contributed by atoms with E-state index in [1.54, 1.807) is 0 Å². The summed E-state index contributed by atoms with van der Waals surface area (Å²) in [5, 5.41) is 3.38. The summed E-state index contributed by atoms with van der Waals surface area (Å²) in [6.45, 7) is 10.1. The molecule has 1 aliphatic heterocycles. The van der Waals surface area contributed by atoms with Crippen LogP contribution in [0.3, 0.4) is 0 Å². The molecule has 5 heteroatoms. The third-order valence-corrected chi connectivity index (χ3v) is 3.66. The summed E-state index contributed by atoms with van der Waals surface area (Å²) in [6.07, 6.45) is 2.60. The average Bonchev–Trinajstić information content (AvgIpc) is 3.00. The molecule has 0 radical (unpaired) electrons. The van der Waals surface area contributed by atoms with E-state index in [-0.39, 0.29) is 30.1 Å². The Hall–Kier alpha value is -0.980. The van der Waals surface area contributed by atoms with E-state index in [2.05, 4.69) is 37.1 Å². The molecule has 0 amide bonds. The lowest BCUT2D eigenvalue weighted by Crippen LogP contribution is -2.40. The highest BCUT2D eigenvalue weighted by molar-refractivity contribution is 14.0. The number of nitrogens with zero attached hydrogens (tertiary/aromatic N) is 2. The minimum atomic E-state index is 0. The molecule has 1 N–H and O–H groups in total. The molecule has 0 aliphatic carbocycles. The molecule has 1 aliphatic rings. The van der Waals surface area contributed by atoms with E-state index in [4.69, 9.17) is 9.73 Å². The van der Waals surface area contributed by atoms with Gasteiger partial charge in [0, 0.05) is 19.6 Å². The Kier molecular flexibility index (Phi) is 8.60. The Labute approximate surface area is 151 Å². The second-order valence-electron chi connectivity index (χ2n) is 5.58. The topological polar surface area (TPSA) is 36.9 Å². The van der Waals surface area contributed by atoms with Gasteiger partial charge in [-0.3, -0.25) is 0 Å². The number of aryl methyl sites for hydroxylation is 1. The molecule has 0 bridgehead atoms. The highest BCUT2D eigenvalue weighted by atomic mass is 127. The van der Waals surface area contributed by atoms with Gasteiger partial charge >= 0.3 is 0 Å². The number of benzene rings is 1. The van der Waals surface area contributed by atoms with Crippen molar-refractivity contribution < 1.29 is 4.74 Å². The molecular formula is C17H28IN3O. The molecule has 1 aromatic rings. The van der Waals surface area contributed by atoms with Gasteiger partial charge in [-0.05, 0) is 45.2 Å². The molecule has 1 saturated heterocycles. The van der Waals surface area contributed by atoms with Crippen LogP contribution >= 0.6 is 24.0 Å². The second kappa shape index (κ2) is 9.92. The smallest absolute Gasteiger partial charge is 0.194 e. The highest BCUT2D eigenvalue weighted by Crippen LogP contribution is 2.17. The first kappa shape index (κ1) is 19.1. The Morgan fingerprint density at radius 1 is 1.32 bits per heavy atom. The normalized spacial score (nSPS) is 16.1. The number of para-hydroxylation sites is 1. The fourth-order valence-electron chi connectivity index (χ4n) is 2.51. The molecule has 4 nitrogen and oxygen atoms in total. The van der Waals surface area contributed by atoms with Crippen molar-refractivity contribution in [2.45, 2.75) is 39.7 Å². The third kappa shape index (κ3) is 5.66. The van der Waals surface area contributed by atoms with Crippen LogP contribution in [0.2, 0.25) is 0 Å². The Morgan fingerprint density at radius 2 is 2.00 bits per heavy atom. The van der Waals surface area contributed by atoms with Crippen LogP contribution < -0.4 is 10.1 Å². The largest absolute Gasteiger partial charge is 0.489 e. The minimum absolute atomic E-state index is 0. The molecule has 1 atom stereocenters. The fourth-order valence-corrected chi connectivity index (χ4v) is 2.51. The van der Waals surface area contributed by atoms with E-state index in [9.17, 15) is 0 Å². The quantitative estimate of drug-likeness (QED) is 0.453. The summed E-state index contributed by atoms with van der Waals surface area (Å²) in [7, 11) is 0. The van der Waals surface area contributed by atoms with E-state index >= 15 is 0 Å². The summed E-state index contributed by atoms with van der Waals surface area (Å²) in [4.78, 5) is 7.06. The zero-order chi connectivity index (χ0) is 15.1. The molecule has 124 valence electrons. The van der Waals surface area contributed by atoms with Gasteiger partial charge in [-0.2, -0.15) is 0 Å². The lowest BCUT2D eigenvalue weighted by atomic mass is 10.2. The average molecular weight is 417 g/mol. The van der Waals surface area contributed by atoms with Crippen LogP contribution in [0.4, 0.5) is 0 Å². The number of hydrogen-bond donors (Lipinski definition) is 1. The standard InChI is InChI=1S/C17H27N3O.HI/c1-4-18-17(20-11-7-8-12-20)19-13-15(3)21-16-10-6-5-9-14(16)2;/h5-6,9-10,15H,4,7-8,11-13H2,1-3H3,(H,18,19);1H. The van der Waals surface area contributed by atoms with Crippen molar-refractivity contribution >= 4 is 29.9 Å². The van der Waals surface area contributed by atoms with E-state index in [0.29, 0.717) is 6.54 Å². The highest BCUT2D eigenvalue weighted by Gasteiger charge is 2.16. The maximum Gasteiger partial charge on any atom is 0.194 e. The van der Waals surface area contributed by atoms with Gasteiger partial charge < -0.3 is 15.0 Å². The first-order chi connectivity index (χ1) is 10.2. The van der Waals surface area contributed by atoms with E-state index < -0.39 is 0 Å². The van der Waals surface area contributed by atoms with E-state index in [1.807, 2.05) is 18.2 Å². The number of halogens is 1. The predicted octanol–water partition coefficient (Wildman–Crippen LogP) is 3.44. The molecule has 0 saturated carbocycles. The number of rotatable bonds is 5. The maximum atomic E-state index is 5.98. The molecule has 1 aromatic carbocycles. The van der Waals surface area contributed by atoms with Crippen LogP contribution in [0, 0.1) is 6.92 Å². The number of likely N-dealkylation sites (tertiary alicyclic amines) is 1. The lowest BCUT2D eigenvalue weighted by Gasteiger charge is -2.22. The molecule has 0 spiro atoms. The third-order valence-electron chi connectivity index (χ3n) is 3.66. The molecular weight excluding hydrogens is 389 g/mol. The molecule has 1 heterocycles. The van der Waals surface area contributed by atoms with Gasteiger partial charge in [0.2, 0.25) is 0 Å². The first-order valence-corrected chi connectivity index (χ1v) is 7.96. The summed E-state index contributed by atoms with van der Waals surface area (Å²) < 4.78 is 5.98. The number of ether oxygens (including phenoxy) is 1. The van der Waals surface area contributed by atoms with Crippen molar-refractivity contribution in [2.75, 3.05) is 26.2 Å². The molecule has 1 unspecified atom stereocenters. The van der Waals surface area contributed by atoms with Gasteiger partial charge in [0.25, 0.3) is 0 Å². The van der Waals surface area contributed by atoms with Crippen molar-refractivity contribution in [3.05, 3.63) is 29.8 Å². The van der Waals surface area contributed by atoms with Gasteiger partial charge in [0.05, 0.1) is 6.54 Å². The predicted molar refractivity (Wildman–Crippen MR) is 103 cm³/mol. The lowest BCUT2D eigenvalue weighted by molar-refractivity contribution is 0.228. The van der Waals surface area contributed by atoms with Crippen LogP contribution in [0.25, 0.3) is 0 Å². The monoisotopic (exact) mass is 417 g/mol. The summed E-state index contributed by atoms with van der Waals surface area (Å²) in [5.41, 5.74) is 1.17. The van der Waals surface area contributed by atoms with Crippen molar-refractivity contribution in [2.24, 2.45) is 4.99 Å². The minimum Gasteiger partial charge on any atom is -0.489 e. The number of nitrogens with one attached hydrogen (secondary N) is 1. The van der Waals surface area contributed by atoms with Crippen molar-refractivity contribution in [1.29, 1.82) is 0 Å². The van der Waals surface area contributed by atoms with Crippen LogP contribution in [0.15, 0.2) is 29.3 Å². The Bertz CT molecular complexity index is 473. The molecule has 0 aromatic heterocycles. The van der Waals surface area contributed by atoms with Crippen LogP contribution in [0.1, 0.15) is 32.3 Å². The maximum absolute atomic E-state index is 5.98. The van der Waals surface area contributed by atoms with E-state index in [1.165, 1.54) is 18.4 Å². The first-order valence-electron chi connectivity index (χ1n) is 7.96. The zero-order valence-electron chi connectivity index (χ0n) is 13.8. The van der Waals surface area contributed by atoms with Gasteiger partial charge in [0.1, 0.15) is 11.9 Å². The van der Waals surface area contributed by atoms with E-state index in [0.717, 1.165) is 31.3 Å². The van der Waals surface area contributed by atoms with Crippen LogP contribution in [0.5, 0.6) is 5.75 Å². The van der Waals surface area contributed by atoms with Crippen molar-refractivity contribution in [3.8, 4) is 5.75 Å². The number of guanidine groups is 1. The van der Waals surface area contributed by atoms with Crippen LogP contribution in [-0.4, -0.2) is 43.1 Å². The SMILES string of the molecule is CCNC(=NCC(C)Oc1ccccc1C)N1CCCC1.I. The number of aliphatic imine (C=N–C) groups is 1. The summed E-state index contributed by atoms with van der Waals surface area (Å²) in [6, 6.07) is 8.12. The molecule has 1 fully saturated rings. The van der Waals surface area contributed by atoms with Crippen molar-refractivity contribution in [1.82, 2.24) is 10.2 Å². The summed E-state index contributed by atoms with van der Waals surface area (Å²) in [5.74, 6) is 1.97. The fraction of sp³-hybridized carbons (Fsp3) is 0.588. The van der Waals surface area contributed by atoms with Crippen molar-refractivity contribution in [3.63, 3.8) is 0 Å². The van der Waals surface area contributed by atoms with Gasteiger partial charge in [-0.1, -0.05) is 18.2 Å². The zero-order valence-corrected chi connectivity index (χ0v) is 16.2. The van der Waals surface area contributed by atoms with Gasteiger partial charge in [-0.25, -0.2) is 4.99 Å². The van der Waals surface area contributed by atoms with Gasteiger partial charge in [0.15, 0.2) is 5.96 Å². The van der Waals surface area contributed by atoms with Gasteiger partial charge in [-0.15, -0.1) is 24.0 Å². The molecule has 22 heavy (non-hydrogen) atoms. The Balaban J connectivity index is 0.00000242. The summed E-state index contributed by atoms with van der Waals surface area (Å²) >= 11 is 0. The molecule has 2 rings (SSSR count). The Morgan fingerprint density at radius 3 is 2.64 bits per heavy atom. The van der Waals surface area contributed by atoms with Crippen LogP contribution in [-0.2, 0) is 0 Å².